The molecule has 45 heavy (non-hydrogen) atoms. The highest BCUT2D eigenvalue weighted by Gasteiger charge is 2.23. The van der Waals surface area contributed by atoms with E-state index in [1.54, 1.807) is 36.4 Å². The molecule has 0 unspecified atom stereocenters. The maximum atomic E-state index is 10.1. The molecule has 1 heterocycles. The van der Waals surface area contributed by atoms with Crippen LogP contribution >= 0.6 is 0 Å². The highest BCUT2D eigenvalue weighted by Crippen LogP contribution is 2.44. The fourth-order valence-electron chi connectivity index (χ4n) is 6.29. The van der Waals surface area contributed by atoms with Crippen molar-refractivity contribution in [3.63, 3.8) is 0 Å². The van der Waals surface area contributed by atoms with Crippen molar-refractivity contribution in [1.82, 2.24) is 4.57 Å². The lowest BCUT2D eigenvalue weighted by Gasteiger charge is -2.14. The first-order valence-corrected chi connectivity index (χ1v) is 14.3. The zero-order valence-corrected chi connectivity index (χ0v) is 23.9. The maximum absolute atomic E-state index is 10.1. The maximum Gasteiger partial charge on any atom is 0.0998 e. The lowest BCUT2D eigenvalue weighted by atomic mass is 9.90. The Morgan fingerprint density at radius 2 is 0.911 bits per heavy atom. The van der Waals surface area contributed by atoms with Crippen LogP contribution in [0, 0.1) is 45.3 Å². The van der Waals surface area contributed by atoms with Crippen LogP contribution in [0.25, 0.3) is 60.9 Å². The van der Waals surface area contributed by atoms with Gasteiger partial charge in [-0.2, -0.15) is 21.0 Å². The Bertz CT molecular complexity index is 2390. The molecular formula is C40H21N5. The average molecular weight is 572 g/mol. The summed E-state index contributed by atoms with van der Waals surface area (Å²) in [7, 11) is 0. The Kier molecular flexibility index (Phi) is 6.62. The molecule has 0 bridgehead atoms. The molecule has 1 aromatic heterocycles. The van der Waals surface area contributed by atoms with Gasteiger partial charge in [-0.1, -0.05) is 84.9 Å². The molecule has 6 aromatic carbocycles. The van der Waals surface area contributed by atoms with Crippen molar-refractivity contribution in [3.05, 3.63) is 150 Å². The zero-order chi connectivity index (χ0) is 30.9. The van der Waals surface area contributed by atoms with Crippen molar-refractivity contribution in [1.29, 1.82) is 21.0 Å². The van der Waals surface area contributed by atoms with Gasteiger partial charge in [-0.25, -0.2) is 0 Å². The van der Waals surface area contributed by atoms with Crippen molar-refractivity contribution in [3.8, 4) is 63.3 Å². The second-order valence-corrected chi connectivity index (χ2v) is 10.6. The third-order valence-electron chi connectivity index (χ3n) is 8.19. The molecule has 0 radical (unpaired) electrons. The Morgan fingerprint density at radius 3 is 1.49 bits per heavy atom. The molecule has 0 saturated heterocycles. The summed E-state index contributed by atoms with van der Waals surface area (Å²) in [5.41, 5.74) is 9.02. The Labute approximate surface area is 259 Å². The van der Waals surface area contributed by atoms with Crippen LogP contribution in [0.4, 0.5) is 0 Å². The second-order valence-electron chi connectivity index (χ2n) is 10.6. The van der Waals surface area contributed by atoms with Crippen molar-refractivity contribution in [2.45, 2.75) is 0 Å². The van der Waals surface area contributed by atoms with Gasteiger partial charge >= 0.3 is 0 Å². The highest BCUT2D eigenvalue weighted by molar-refractivity contribution is 6.19. The van der Waals surface area contributed by atoms with Crippen LogP contribution in [0.15, 0.2) is 127 Å². The molecule has 0 fully saturated rings. The van der Waals surface area contributed by atoms with Crippen LogP contribution in [0.1, 0.15) is 22.3 Å². The number of aromatic nitrogens is 1. The van der Waals surface area contributed by atoms with Crippen LogP contribution in [-0.4, -0.2) is 4.57 Å². The molecule has 0 atom stereocenters. The molecule has 5 nitrogen and oxygen atoms in total. The summed E-state index contributed by atoms with van der Waals surface area (Å²) in [4.78, 5) is 0. The van der Waals surface area contributed by atoms with Gasteiger partial charge in [0, 0.05) is 33.2 Å². The summed E-state index contributed by atoms with van der Waals surface area (Å²) in [5, 5.41) is 42.1. The fraction of sp³-hybridized carbons (Fsp3) is 0. The van der Waals surface area contributed by atoms with Gasteiger partial charge < -0.3 is 4.57 Å². The number of para-hydroxylation sites is 1. The lowest BCUT2D eigenvalue weighted by molar-refractivity contribution is 1.18. The average Bonchev–Trinajstić information content (AvgIpc) is 3.46. The van der Waals surface area contributed by atoms with E-state index in [1.165, 1.54) is 0 Å². The molecule has 0 aliphatic heterocycles. The van der Waals surface area contributed by atoms with Crippen molar-refractivity contribution < 1.29 is 0 Å². The summed E-state index contributed by atoms with van der Waals surface area (Å²) < 4.78 is 2.15. The first kappa shape index (κ1) is 26.9. The predicted molar refractivity (Wildman–Crippen MR) is 176 cm³/mol. The molecule has 0 N–H and O–H groups in total. The number of rotatable bonds is 4. The standard InChI is InChI=1S/C40H21N5/c41-22-28-10-4-11-29(23-42)37(28)33-14-7-17-36-39(33)35-16-6-15-34(38-30(24-43)12-5-13-31(38)25-44)40(35)45(36)32-20-18-27(19-21-32)26-8-2-1-3-9-26/h1-21H. The second kappa shape index (κ2) is 11.1. The fourth-order valence-corrected chi connectivity index (χ4v) is 6.29. The van der Waals surface area contributed by atoms with Crippen LogP contribution in [-0.2, 0) is 0 Å². The Morgan fingerprint density at radius 1 is 0.422 bits per heavy atom. The molecule has 0 spiro atoms. The third kappa shape index (κ3) is 4.29. The van der Waals surface area contributed by atoms with Gasteiger partial charge in [0.25, 0.3) is 0 Å². The minimum atomic E-state index is 0.402. The summed E-state index contributed by atoms with van der Waals surface area (Å²) >= 11 is 0. The van der Waals surface area contributed by atoms with E-state index < -0.39 is 0 Å². The molecular weight excluding hydrogens is 550 g/mol. The molecule has 5 heteroatoms. The van der Waals surface area contributed by atoms with Gasteiger partial charge in [-0.05, 0) is 59.2 Å². The third-order valence-corrected chi connectivity index (χ3v) is 8.19. The first-order valence-electron chi connectivity index (χ1n) is 14.3. The monoisotopic (exact) mass is 571 g/mol. The SMILES string of the molecule is N#Cc1cccc(C#N)c1-c1cccc2c1c1cccc(-c3c(C#N)cccc3C#N)c1n2-c1ccc(-c2ccccc2)cc1. The van der Waals surface area contributed by atoms with E-state index in [9.17, 15) is 21.0 Å². The predicted octanol–water partition coefficient (Wildman–Crippen LogP) is 9.27. The van der Waals surface area contributed by atoms with Gasteiger partial charge in [0.2, 0.25) is 0 Å². The van der Waals surface area contributed by atoms with E-state index in [0.717, 1.165) is 49.7 Å². The van der Waals surface area contributed by atoms with E-state index in [0.29, 0.717) is 33.4 Å². The number of nitriles is 4. The summed E-state index contributed by atoms with van der Waals surface area (Å²) in [5.74, 6) is 0. The Hall–Kier alpha value is -6.92. The van der Waals surface area contributed by atoms with Gasteiger partial charge in [0.1, 0.15) is 0 Å². The van der Waals surface area contributed by atoms with Crippen molar-refractivity contribution in [2.24, 2.45) is 0 Å². The largest absolute Gasteiger partial charge is 0.309 e. The summed E-state index contributed by atoms with van der Waals surface area (Å²) in [6.45, 7) is 0. The number of hydrogen-bond donors (Lipinski definition) is 0. The number of hydrogen-bond acceptors (Lipinski definition) is 4. The van der Waals surface area contributed by atoms with Crippen LogP contribution in [0.2, 0.25) is 0 Å². The normalized spacial score (nSPS) is 10.6. The number of benzene rings is 6. The molecule has 0 aliphatic rings. The van der Waals surface area contributed by atoms with E-state index in [4.69, 9.17) is 0 Å². The Balaban J connectivity index is 1.64. The van der Waals surface area contributed by atoms with Crippen LogP contribution < -0.4 is 0 Å². The molecule has 206 valence electrons. The molecule has 7 rings (SSSR count). The van der Waals surface area contributed by atoms with Gasteiger partial charge in [0.05, 0.1) is 57.6 Å². The van der Waals surface area contributed by atoms with Crippen molar-refractivity contribution >= 4 is 21.8 Å². The van der Waals surface area contributed by atoms with Gasteiger partial charge in [0.15, 0.2) is 0 Å². The minimum absolute atomic E-state index is 0.402. The summed E-state index contributed by atoms with van der Waals surface area (Å²) in [6, 6.07) is 49.7. The zero-order valence-electron chi connectivity index (χ0n) is 23.9. The summed E-state index contributed by atoms with van der Waals surface area (Å²) in [6.07, 6.45) is 0. The van der Waals surface area contributed by atoms with E-state index in [-0.39, 0.29) is 0 Å². The quantitative estimate of drug-likeness (QED) is 0.210. The molecule has 0 amide bonds. The van der Waals surface area contributed by atoms with E-state index in [1.807, 2.05) is 54.6 Å². The van der Waals surface area contributed by atoms with E-state index in [2.05, 4.69) is 65.2 Å². The molecule has 0 saturated carbocycles. The number of fused-ring (bicyclic) bond motifs is 3. The van der Waals surface area contributed by atoms with E-state index >= 15 is 0 Å². The lowest BCUT2D eigenvalue weighted by Crippen LogP contribution is -1.98. The van der Waals surface area contributed by atoms with Crippen molar-refractivity contribution in [2.75, 3.05) is 0 Å². The topological polar surface area (TPSA) is 100 Å². The van der Waals surface area contributed by atoms with Crippen LogP contribution in [0.5, 0.6) is 0 Å². The number of nitrogens with zero attached hydrogens (tertiary/aromatic N) is 5. The first-order chi connectivity index (χ1) is 22.2. The van der Waals surface area contributed by atoms with Gasteiger partial charge in [-0.3, -0.25) is 0 Å². The van der Waals surface area contributed by atoms with Crippen LogP contribution in [0.3, 0.4) is 0 Å². The molecule has 7 aromatic rings. The molecule has 0 aliphatic carbocycles. The smallest absolute Gasteiger partial charge is 0.0998 e. The minimum Gasteiger partial charge on any atom is -0.309 e. The van der Waals surface area contributed by atoms with Gasteiger partial charge in [-0.15, -0.1) is 0 Å². The highest BCUT2D eigenvalue weighted by atomic mass is 15.0.